The van der Waals surface area contributed by atoms with Crippen molar-refractivity contribution >= 4 is 11.8 Å². The molecule has 2 aliphatic rings. The maximum atomic E-state index is 13.9. The SMILES string of the molecule is COCCN1CCC[C@]2(CCN(C(=O)c3cc(F)c(F)cc3F)C2)C1=O. The molecular weight excluding hydrogens is 349 g/mol. The summed E-state index contributed by atoms with van der Waals surface area (Å²) in [6, 6.07) is 0.943. The number of carbonyl (C=O) groups is 2. The first kappa shape index (κ1) is 18.7. The molecule has 0 bridgehead atoms. The van der Waals surface area contributed by atoms with Crippen LogP contribution in [0.2, 0.25) is 0 Å². The van der Waals surface area contributed by atoms with Gasteiger partial charge in [-0.15, -0.1) is 0 Å². The van der Waals surface area contributed by atoms with E-state index in [1.807, 2.05) is 0 Å². The Hall–Kier alpha value is -2.09. The van der Waals surface area contributed by atoms with Crippen molar-refractivity contribution in [3.63, 3.8) is 0 Å². The van der Waals surface area contributed by atoms with E-state index in [0.29, 0.717) is 44.7 Å². The largest absolute Gasteiger partial charge is 0.383 e. The van der Waals surface area contributed by atoms with Gasteiger partial charge in [0.2, 0.25) is 5.91 Å². The van der Waals surface area contributed by atoms with Crippen LogP contribution in [0.1, 0.15) is 29.6 Å². The maximum absolute atomic E-state index is 13.9. The highest BCUT2D eigenvalue weighted by molar-refractivity contribution is 5.95. The first-order valence-electron chi connectivity index (χ1n) is 8.60. The molecule has 1 spiro atoms. The van der Waals surface area contributed by atoms with Gasteiger partial charge in [0.15, 0.2) is 11.6 Å². The van der Waals surface area contributed by atoms with Crippen LogP contribution in [0.25, 0.3) is 0 Å². The van der Waals surface area contributed by atoms with Gasteiger partial charge in [-0.05, 0) is 25.3 Å². The molecule has 142 valence electrons. The molecular formula is C18H21F3N2O3. The van der Waals surface area contributed by atoms with Crippen LogP contribution in [0.15, 0.2) is 12.1 Å². The highest BCUT2D eigenvalue weighted by Crippen LogP contribution is 2.40. The quantitative estimate of drug-likeness (QED) is 0.764. The molecule has 2 fully saturated rings. The maximum Gasteiger partial charge on any atom is 0.256 e. The van der Waals surface area contributed by atoms with Crippen molar-refractivity contribution in [3.8, 4) is 0 Å². The first-order chi connectivity index (χ1) is 12.4. The van der Waals surface area contributed by atoms with Crippen molar-refractivity contribution in [2.24, 2.45) is 5.41 Å². The van der Waals surface area contributed by atoms with Gasteiger partial charge in [-0.3, -0.25) is 9.59 Å². The lowest BCUT2D eigenvalue weighted by Gasteiger charge is -2.39. The number of benzene rings is 1. The van der Waals surface area contributed by atoms with Gasteiger partial charge < -0.3 is 14.5 Å². The van der Waals surface area contributed by atoms with E-state index >= 15 is 0 Å². The van der Waals surface area contributed by atoms with Crippen molar-refractivity contribution in [1.29, 1.82) is 0 Å². The predicted octanol–water partition coefficient (Wildman–Crippen LogP) is 2.21. The monoisotopic (exact) mass is 370 g/mol. The fourth-order valence-corrected chi connectivity index (χ4v) is 3.85. The summed E-state index contributed by atoms with van der Waals surface area (Å²) in [5.41, 5.74) is -1.20. The smallest absolute Gasteiger partial charge is 0.256 e. The molecule has 2 heterocycles. The Bertz CT molecular complexity index is 728. The van der Waals surface area contributed by atoms with E-state index in [1.54, 1.807) is 12.0 Å². The van der Waals surface area contributed by atoms with Gasteiger partial charge in [0.1, 0.15) is 5.82 Å². The van der Waals surface area contributed by atoms with Crippen molar-refractivity contribution in [2.75, 3.05) is 39.9 Å². The number of hydrogen-bond acceptors (Lipinski definition) is 3. The number of likely N-dealkylation sites (tertiary alicyclic amines) is 2. The molecule has 1 atom stereocenters. The van der Waals surface area contributed by atoms with Gasteiger partial charge in [-0.25, -0.2) is 13.2 Å². The minimum absolute atomic E-state index is 0.0261. The van der Waals surface area contributed by atoms with Crippen LogP contribution in [0.5, 0.6) is 0 Å². The van der Waals surface area contributed by atoms with Gasteiger partial charge in [0.25, 0.3) is 5.91 Å². The Labute approximate surface area is 149 Å². The molecule has 0 saturated carbocycles. The van der Waals surface area contributed by atoms with Gasteiger partial charge >= 0.3 is 0 Å². The summed E-state index contributed by atoms with van der Waals surface area (Å²) in [4.78, 5) is 28.5. The first-order valence-corrected chi connectivity index (χ1v) is 8.60. The van der Waals surface area contributed by atoms with Crippen LogP contribution in [0.4, 0.5) is 13.2 Å². The third kappa shape index (κ3) is 3.30. The molecule has 0 radical (unpaired) electrons. The average molecular weight is 370 g/mol. The molecule has 0 aromatic heterocycles. The summed E-state index contributed by atoms with van der Waals surface area (Å²) in [6.07, 6.45) is 1.95. The van der Waals surface area contributed by atoms with Crippen LogP contribution in [0, 0.1) is 22.9 Å². The second-order valence-electron chi connectivity index (χ2n) is 6.89. The van der Waals surface area contributed by atoms with E-state index in [0.717, 1.165) is 6.42 Å². The topological polar surface area (TPSA) is 49.9 Å². The number of rotatable bonds is 4. The fourth-order valence-electron chi connectivity index (χ4n) is 3.85. The zero-order chi connectivity index (χ0) is 18.9. The van der Waals surface area contributed by atoms with E-state index in [9.17, 15) is 22.8 Å². The van der Waals surface area contributed by atoms with Crippen LogP contribution in [0.3, 0.4) is 0 Å². The van der Waals surface area contributed by atoms with Crippen molar-refractivity contribution in [2.45, 2.75) is 19.3 Å². The number of methoxy groups -OCH3 is 1. The Kier molecular flexibility index (Phi) is 5.22. The van der Waals surface area contributed by atoms with E-state index in [1.165, 1.54) is 4.90 Å². The van der Waals surface area contributed by atoms with Crippen LogP contribution in [-0.4, -0.2) is 61.5 Å². The van der Waals surface area contributed by atoms with Gasteiger partial charge in [0.05, 0.1) is 17.6 Å². The third-order valence-corrected chi connectivity index (χ3v) is 5.27. The Morgan fingerprint density at radius 2 is 1.88 bits per heavy atom. The second kappa shape index (κ2) is 7.26. The van der Waals surface area contributed by atoms with Gasteiger partial charge in [0, 0.05) is 39.4 Å². The molecule has 2 saturated heterocycles. The minimum atomic E-state index is -1.34. The summed E-state index contributed by atoms with van der Waals surface area (Å²) < 4.78 is 45.4. The molecule has 3 rings (SSSR count). The number of carbonyl (C=O) groups excluding carboxylic acids is 2. The zero-order valence-electron chi connectivity index (χ0n) is 14.6. The average Bonchev–Trinajstić information content (AvgIpc) is 3.04. The van der Waals surface area contributed by atoms with E-state index < -0.39 is 34.3 Å². The Balaban J connectivity index is 1.76. The summed E-state index contributed by atoms with van der Waals surface area (Å²) in [6.45, 7) is 2.01. The van der Waals surface area contributed by atoms with Gasteiger partial charge in [-0.1, -0.05) is 0 Å². The number of piperidine rings is 1. The number of nitrogens with zero attached hydrogens (tertiary/aromatic N) is 2. The van der Waals surface area contributed by atoms with Crippen molar-refractivity contribution in [3.05, 3.63) is 35.1 Å². The molecule has 5 nitrogen and oxygen atoms in total. The highest BCUT2D eigenvalue weighted by atomic mass is 19.2. The summed E-state index contributed by atoms with van der Waals surface area (Å²) in [5.74, 6) is -4.47. The highest BCUT2D eigenvalue weighted by Gasteiger charge is 2.49. The number of halogens is 3. The molecule has 26 heavy (non-hydrogen) atoms. The van der Waals surface area contributed by atoms with E-state index in [4.69, 9.17) is 4.74 Å². The van der Waals surface area contributed by atoms with Crippen molar-refractivity contribution < 1.29 is 27.5 Å². The van der Waals surface area contributed by atoms with Crippen LogP contribution >= 0.6 is 0 Å². The normalized spacial score (nSPS) is 23.2. The molecule has 1 aromatic rings. The fraction of sp³-hybridized carbons (Fsp3) is 0.556. The number of hydrogen-bond donors (Lipinski definition) is 0. The second-order valence-corrected chi connectivity index (χ2v) is 6.89. The lowest BCUT2D eigenvalue weighted by atomic mass is 9.78. The van der Waals surface area contributed by atoms with Gasteiger partial charge in [-0.2, -0.15) is 0 Å². The Morgan fingerprint density at radius 1 is 1.15 bits per heavy atom. The van der Waals surface area contributed by atoms with Crippen LogP contribution in [-0.2, 0) is 9.53 Å². The minimum Gasteiger partial charge on any atom is -0.383 e. The summed E-state index contributed by atoms with van der Waals surface area (Å²) in [5, 5.41) is 0. The van der Waals surface area contributed by atoms with E-state index in [-0.39, 0.29) is 19.0 Å². The molecule has 2 amide bonds. The molecule has 8 heteroatoms. The van der Waals surface area contributed by atoms with Crippen molar-refractivity contribution in [1.82, 2.24) is 9.80 Å². The van der Waals surface area contributed by atoms with Crippen LogP contribution < -0.4 is 0 Å². The number of amides is 2. The standard InChI is InChI=1S/C18H21F3N2O3/c1-26-8-7-22-5-2-3-18(17(22)25)4-6-23(11-18)16(24)12-9-14(20)15(21)10-13(12)19/h9-10H,2-8,11H2,1H3/t18-/m1/s1. The number of ether oxygens (including phenoxy) is 1. The zero-order valence-corrected chi connectivity index (χ0v) is 14.6. The Morgan fingerprint density at radius 3 is 2.62 bits per heavy atom. The molecule has 0 aliphatic carbocycles. The lowest BCUT2D eigenvalue weighted by Crippen LogP contribution is -2.51. The predicted molar refractivity (Wildman–Crippen MR) is 87.0 cm³/mol. The third-order valence-electron chi connectivity index (χ3n) is 5.27. The molecule has 1 aromatic carbocycles. The summed E-state index contributed by atoms with van der Waals surface area (Å²) in [7, 11) is 1.57. The van der Waals surface area contributed by atoms with E-state index in [2.05, 4.69) is 0 Å². The summed E-state index contributed by atoms with van der Waals surface area (Å²) >= 11 is 0. The molecule has 0 unspecified atom stereocenters. The lowest BCUT2D eigenvalue weighted by molar-refractivity contribution is -0.146. The molecule has 0 N–H and O–H groups in total. The molecule has 2 aliphatic heterocycles.